The normalized spacial score (nSPS) is 10.6. The maximum Gasteiger partial charge on any atom is 0.255 e. The summed E-state index contributed by atoms with van der Waals surface area (Å²) < 4.78 is 0. The molecule has 0 saturated heterocycles. The Kier molecular flexibility index (Phi) is 5.39. The Hall–Kier alpha value is -3.18. The molecule has 0 saturated carbocycles. The lowest BCUT2D eigenvalue weighted by Crippen LogP contribution is -2.12. The van der Waals surface area contributed by atoms with Crippen LogP contribution in [0.1, 0.15) is 15.2 Å². The van der Waals surface area contributed by atoms with Crippen LogP contribution in [0.25, 0.3) is 6.08 Å². The van der Waals surface area contributed by atoms with Gasteiger partial charge in [0.05, 0.1) is 0 Å². The summed E-state index contributed by atoms with van der Waals surface area (Å²) >= 11 is 1.57. The molecule has 0 aliphatic rings. The van der Waals surface area contributed by atoms with E-state index in [0.29, 0.717) is 16.9 Å². The summed E-state index contributed by atoms with van der Waals surface area (Å²) in [6, 6.07) is 19.9. The standard InChI is InChI=1S/C20H16N2O2S/c23-19(13-12-18-7-4-14-25-18)21-16-8-10-17(11-9-16)22-20(24)15-5-2-1-3-6-15/h1-14H,(H,21,23)(H,22,24)/b13-12+. The number of amides is 2. The highest BCUT2D eigenvalue weighted by Crippen LogP contribution is 2.15. The summed E-state index contributed by atoms with van der Waals surface area (Å²) in [5, 5.41) is 7.56. The molecule has 0 aliphatic heterocycles. The summed E-state index contributed by atoms with van der Waals surface area (Å²) in [5.41, 5.74) is 1.93. The van der Waals surface area contributed by atoms with Gasteiger partial charge in [-0.05, 0) is 53.9 Å². The molecule has 1 aromatic heterocycles. The van der Waals surface area contributed by atoms with Crippen molar-refractivity contribution < 1.29 is 9.59 Å². The van der Waals surface area contributed by atoms with Gasteiger partial charge in [0.2, 0.25) is 5.91 Å². The molecule has 0 fully saturated rings. The van der Waals surface area contributed by atoms with Crippen molar-refractivity contribution in [3.05, 3.63) is 88.6 Å². The predicted octanol–water partition coefficient (Wildman–Crippen LogP) is 4.65. The molecule has 2 N–H and O–H groups in total. The monoisotopic (exact) mass is 348 g/mol. The average Bonchev–Trinajstić information content (AvgIpc) is 3.16. The Morgan fingerprint density at radius 3 is 2.12 bits per heavy atom. The number of benzene rings is 2. The first-order valence-electron chi connectivity index (χ1n) is 7.70. The third-order valence-corrected chi connectivity index (χ3v) is 4.23. The maximum absolute atomic E-state index is 12.1. The number of thiophene rings is 1. The number of carbonyl (C=O) groups excluding carboxylic acids is 2. The molecule has 2 amide bonds. The minimum Gasteiger partial charge on any atom is -0.323 e. The fourth-order valence-corrected chi connectivity index (χ4v) is 2.78. The predicted molar refractivity (Wildman–Crippen MR) is 103 cm³/mol. The van der Waals surface area contributed by atoms with Crippen LogP contribution < -0.4 is 10.6 Å². The van der Waals surface area contributed by atoms with Crippen molar-refractivity contribution in [2.45, 2.75) is 0 Å². The highest BCUT2D eigenvalue weighted by Gasteiger charge is 2.05. The van der Waals surface area contributed by atoms with Gasteiger partial charge in [-0.3, -0.25) is 9.59 Å². The summed E-state index contributed by atoms with van der Waals surface area (Å²) in [6.45, 7) is 0. The van der Waals surface area contributed by atoms with E-state index in [1.807, 2.05) is 35.7 Å². The van der Waals surface area contributed by atoms with E-state index in [1.54, 1.807) is 53.8 Å². The fraction of sp³-hybridized carbons (Fsp3) is 0. The van der Waals surface area contributed by atoms with Crippen LogP contribution in [0.4, 0.5) is 11.4 Å². The summed E-state index contributed by atoms with van der Waals surface area (Å²) in [7, 11) is 0. The number of carbonyl (C=O) groups is 2. The van der Waals surface area contributed by atoms with Gasteiger partial charge >= 0.3 is 0 Å². The van der Waals surface area contributed by atoms with Gasteiger partial charge in [-0.1, -0.05) is 24.3 Å². The summed E-state index contributed by atoms with van der Waals surface area (Å²) in [4.78, 5) is 25.0. The molecule has 25 heavy (non-hydrogen) atoms. The van der Waals surface area contributed by atoms with Crippen molar-refractivity contribution in [3.63, 3.8) is 0 Å². The zero-order chi connectivity index (χ0) is 17.5. The Morgan fingerprint density at radius 1 is 0.800 bits per heavy atom. The van der Waals surface area contributed by atoms with Crippen LogP contribution in [0.3, 0.4) is 0 Å². The van der Waals surface area contributed by atoms with E-state index in [1.165, 1.54) is 6.08 Å². The number of hydrogen-bond acceptors (Lipinski definition) is 3. The van der Waals surface area contributed by atoms with Crippen LogP contribution in [0, 0.1) is 0 Å². The van der Waals surface area contributed by atoms with Crippen LogP contribution in [-0.2, 0) is 4.79 Å². The minimum absolute atomic E-state index is 0.170. The molecular weight excluding hydrogens is 332 g/mol. The van der Waals surface area contributed by atoms with Gasteiger partial charge in [-0.2, -0.15) is 0 Å². The molecular formula is C20H16N2O2S. The van der Waals surface area contributed by atoms with Crippen LogP contribution in [-0.4, -0.2) is 11.8 Å². The zero-order valence-corrected chi connectivity index (χ0v) is 14.1. The number of anilines is 2. The molecule has 0 spiro atoms. The van der Waals surface area contributed by atoms with Crippen LogP contribution in [0.15, 0.2) is 78.2 Å². The van der Waals surface area contributed by atoms with E-state index in [2.05, 4.69) is 10.6 Å². The first-order chi connectivity index (χ1) is 12.2. The fourth-order valence-electron chi connectivity index (χ4n) is 2.16. The third-order valence-electron chi connectivity index (χ3n) is 3.39. The zero-order valence-electron chi connectivity index (χ0n) is 13.3. The van der Waals surface area contributed by atoms with Crippen molar-refractivity contribution in [2.24, 2.45) is 0 Å². The summed E-state index contributed by atoms with van der Waals surface area (Å²) in [5.74, 6) is -0.370. The molecule has 5 heteroatoms. The SMILES string of the molecule is O=C(/C=C/c1cccs1)Nc1ccc(NC(=O)c2ccccc2)cc1. The number of hydrogen-bond donors (Lipinski definition) is 2. The quantitative estimate of drug-likeness (QED) is 0.659. The molecule has 3 aromatic rings. The molecule has 124 valence electrons. The average molecular weight is 348 g/mol. The molecule has 0 radical (unpaired) electrons. The van der Waals surface area contributed by atoms with Crippen molar-refractivity contribution >= 4 is 40.6 Å². The first kappa shape index (κ1) is 16.7. The Morgan fingerprint density at radius 2 is 1.48 bits per heavy atom. The largest absolute Gasteiger partial charge is 0.323 e. The Bertz CT molecular complexity index is 870. The van der Waals surface area contributed by atoms with Crippen molar-refractivity contribution in [3.8, 4) is 0 Å². The van der Waals surface area contributed by atoms with Crippen LogP contribution in [0.2, 0.25) is 0 Å². The second-order valence-corrected chi connectivity index (χ2v) is 6.21. The number of rotatable bonds is 5. The van der Waals surface area contributed by atoms with Gasteiger partial charge in [0, 0.05) is 27.9 Å². The molecule has 4 nitrogen and oxygen atoms in total. The van der Waals surface area contributed by atoms with E-state index >= 15 is 0 Å². The van der Waals surface area contributed by atoms with E-state index in [9.17, 15) is 9.59 Å². The molecule has 0 aliphatic carbocycles. The van der Waals surface area contributed by atoms with Crippen LogP contribution >= 0.6 is 11.3 Å². The van der Waals surface area contributed by atoms with Gasteiger partial charge < -0.3 is 10.6 Å². The third kappa shape index (κ3) is 4.89. The van der Waals surface area contributed by atoms with E-state index in [0.717, 1.165) is 4.88 Å². The van der Waals surface area contributed by atoms with Gasteiger partial charge in [0.15, 0.2) is 0 Å². The molecule has 3 rings (SSSR count). The van der Waals surface area contributed by atoms with Crippen molar-refractivity contribution in [2.75, 3.05) is 10.6 Å². The lowest BCUT2D eigenvalue weighted by atomic mass is 10.2. The summed E-state index contributed by atoms with van der Waals surface area (Å²) in [6.07, 6.45) is 3.27. The lowest BCUT2D eigenvalue weighted by Gasteiger charge is -2.07. The van der Waals surface area contributed by atoms with E-state index in [4.69, 9.17) is 0 Å². The van der Waals surface area contributed by atoms with E-state index in [-0.39, 0.29) is 11.8 Å². The number of nitrogens with one attached hydrogen (secondary N) is 2. The maximum atomic E-state index is 12.1. The van der Waals surface area contributed by atoms with E-state index < -0.39 is 0 Å². The van der Waals surface area contributed by atoms with Crippen molar-refractivity contribution in [1.29, 1.82) is 0 Å². The van der Waals surface area contributed by atoms with Gasteiger partial charge in [-0.15, -0.1) is 11.3 Å². The highest BCUT2D eigenvalue weighted by atomic mass is 32.1. The molecule has 1 heterocycles. The van der Waals surface area contributed by atoms with Gasteiger partial charge in [-0.25, -0.2) is 0 Å². The van der Waals surface area contributed by atoms with Gasteiger partial charge in [0.1, 0.15) is 0 Å². The van der Waals surface area contributed by atoms with Gasteiger partial charge in [0.25, 0.3) is 5.91 Å². The molecule has 0 unspecified atom stereocenters. The Balaban J connectivity index is 1.57. The first-order valence-corrected chi connectivity index (χ1v) is 8.58. The second kappa shape index (κ2) is 8.08. The minimum atomic E-state index is -0.200. The Labute approximate surface area is 149 Å². The smallest absolute Gasteiger partial charge is 0.255 e. The topological polar surface area (TPSA) is 58.2 Å². The molecule has 0 atom stereocenters. The van der Waals surface area contributed by atoms with Crippen LogP contribution in [0.5, 0.6) is 0 Å². The highest BCUT2D eigenvalue weighted by molar-refractivity contribution is 7.10. The lowest BCUT2D eigenvalue weighted by molar-refractivity contribution is -0.111. The van der Waals surface area contributed by atoms with Crippen molar-refractivity contribution in [1.82, 2.24) is 0 Å². The molecule has 2 aromatic carbocycles. The second-order valence-electron chi connectivity index (χ2n) is 5.24. The molecule has 0 bridgehead atoms.